The number of aliphatic hydroxyl groups excluding tert-OH is 1. The highest BCUT2D eigenvalue weighted by molar-refractivity contribution is 5.91. The van der Waals surface area contributed by atoms with Crippen LogP contribution in [0.2, 0.25) is 0 Å². The molecule has 4 heteroatoms. The zero-order valence-corrected chi connectivity index (χ0v) is 15.9. The van der Waals surface area contributed by atoms with Crippen LogP contribution in [-0.4, -0.2) is 61.3 Å². The first-order chi connectivity index (χ1) is 12.7. The van der Waals surface area contributed by atoms with Crippen LogP contribution >= 0.6 is 0 Å². The van der Waals surface area contributed by atoms with E-state index >= 15 is 0 Å². The lowest BCUT2D eigenvalue weighted by atomic mass is 9.69. The topological polar surface area (TPSA) is 35.9 Å². The fraction of sp³-hybridized carbons (Fsp3) is 0.545. The van der Waals surface area contributed by atoms with Crippen molar-refractivity contribution >= 4 is 10.8 Å². The summed E-state index contributed by atoms with van der Waals surface area (Å²) in [5, 5.41) is 12.6. The molecule has 2 fully saturated rings. The molecule has 4 nitrogen and oxygen atoms in total. The Kier molecular flexibility index (Phi) is 4.91. The molecule has 0 amide bonds. The summed E-state index contributed by atoms with van der Waals surface area (Å²) in [5.41, 5.74) is 1.46. The minimum Gasteiger partial charge on any atom is -0.496 e. The number of likely N-dealkylation sites (N-methyl/N-ethyl adjacent to an activating group) is 1. The van der Waals surface area contributed by atoms with E-state index in [2.05, 4.69) is 53.2 Å². The first-order valence-electron chi connectivity index (χ1n) is 9.75. The number of hydrogen-bond donors (Lipinski definition) is 1. The number of piperidine rings is 2. The van der Waals surface area contributed by atoms with Gasteiger partial charge >= 0.3 is 0 Å². The van der Waals surface area contributed by atoms with Gasteiger partial charge in [0.2, 0.25) is 0 Å². The van der Waals surface area contributed by atoms with Gasteiger partial charge in [-0.2, -0.15) is 0 Å². The van der Waals surface area contributed by atoms with E-state index in [4.69, 9.17) is 4.74 Å². The van der Waals surface area contributed by atoms with Crippen LogP contribution in [-0.2, 0) is 6.54 Å². The van der Waals surface area contributed by atoms with Gasteiger partial charge in [-0.05, 0) is 56.4 Å². The third-order valence-electron chi connectivity index (χ3n) is 6.68. The van der Waals surface area contributed by atoms with Gasteiger partial charge in [-0.25, -0.2) is 0 Å². The molecule has 0 bridgehead atoms. The number of aliphatic hydroxyl groups is 1. The Balaban J connectivity index is 1.58. The maximum absolute atomic E-state index is 10.1. The Morgan fingerprint density at radius 1 is 1.12 bits per heavy atom. The van der Waals surface area contributed by atoms with Gasteiger partial charge in [-0.15, -0.1) is 0 Å². The Morgan fingerprint density at radius 3 is 2.69 bits per heavy atom. The van der Waals surface area contributed by atoms with Gasteiger partial charge in [0.1, 0.15) is 5.75 Å². The molecule has 0 saturated carbocycles. The molecule has 0 radical (unpaired) electrons. The molecule has 0 aromatic heterocycles. The first-order valence-corrected chi connectivity index (χ1v) is 9.75. The van der Waals surface area contributed by atoms with Gasteiger partial charge in [0.15, 0.2) is 0 Å². The van der Waals surface area contributed by atoms with Crippen molar-refractivity contribution in [1.82, 2.24) is 9.80 Å². The van der Waals surface area contributed by atoms with E-state index in [9.17, 15) is 5.11 Å². The third kappa shape index (κ3) is 3.00. The summed E-state index contributed by atoms with van der Waals surface area (Å²) in [6, 6.07) is 13.3. The molecule has 26 heavy (non-hydrogen) atoms. The molecule has 0 unspecified atom stereocenters. The van der Waals surface area contributed by atoms with E-state index in [1.165, 1.54) is 22.8 Å². The molecule has 2 aromatic rings. The average Bonchev–Trinajstić information content (AvgIpc) is 2.69. The Bertz CT molecular complexity index is 778. The second kappa shape index (κ2) is 7.18. The van der Waals surface area contributed by atoms with E-state index in [0.717, 1.165) is 44.8 Å². The Labute approximate surface area is 156 Å². The van der Waals surface area contributed by atoms with Gasteiger partial charge in [-0.1, -0.05) is 30.3 Å². The second-order valence-corrected chi connectivity index (χ2v) is 8.08. The SMILES string of the molecule is COc1ccc(CN2CC[C@@]3(CO)CCCN(C)[C@@H]3C2)c2ccccc12. The van der Waals surface area contributed by atoms with Gasteiger partial charge < -0.3 is 14.7 Å². The van der Waals surface area contributed by atoms with Crippen LogP contribution in [0.3, 0.4) is 0 Å². The van der Waals surface area contributed by atoms with Gasteiger partial charge in [0.05, 0.1) is 13.7 Å². The number of ether oxygens (including phenoxy) is 1. The van der Waals surface area contributed by atoms with E-state index in [-0.39, 0.29) is 5.41 Å². The maximum atomic E-state index is 10.1. The number of likely N-dealkylation sites (tertiary alicyclic amines) is 2. The number of benzene rings is 2. The summed E-state index contributed by atoms with van der Waals surface area (Å²) in [6.07, 6.45) is 3.46. The van der Waals surface area contributed by atoms with E-state index in [1.807, 2.05) is 0 Å². The molecule has 1 N–H and O–H groups in total. The quantitative estimate of drug-likeness (QED) is 0.915. The van der Waals surface area contributed by atoms with Gasteiger partial charge in [-0.3, -0.25) is 4.90 Å². The first kappa shape index (κ1) is 17.8. The fourth-order valence-corrected chi connectivity index (χ4v) is 5.11. The molecule has 2 aromatic carbocycles. The lowest BCUT2D eigenvalue weighted by molar-refractivity contribution is -0.0683. The minimum atomic E-state index is 0.103. The highest BCUT2D eigenvalue weighted by Crippen LogP contribution is 2.42. The minimum absolute atomic E-state index is 0.103. The largest absolute Gasteiger partial charge is 0.496 e. The van der Waals surface area contributed by atoms with Crippen LogP contribution < -0.4 is 4.74 Å². The number of rotatable bonds is 4. The van der Waals surface area contributed by atoms with Crippen LogP contribution in [0, 0.1) is 5.41 Å². The fourth-order valence-electron chi connectivity index (χ4n) is 5.11. The van der Waals surface area contributed by atoms with Crippen molar-refractivity contribution in [2.75, 3.05) is 40.4 Å². The zero-order chi connectivity index (χ0) is 18.1. The second-order valence-electron chi connectivity index (χ2n) is 8.08. The lowest BCUT2D eigenvalue weighted by Gasteiger charge is -2.53. The summed E-state index contributed by atoms with van der Waals surface area (Å²) in [4.78, 5) is 5.03. The molecule has 2 aliphatic heterocycles. The van der Waals surface area contributed by atoms with E-state index in [0.29, 0.717) is 12.6 Å². The molecule has 140 valence electrons. The van der Waals surface area contributed by atoms with Crippen molar-refractivity contribution in [3.63, 3.8) is 0 Å². The van der Waals surface area contributed by atoms with Crippen molar-refractivity contribution in [3.8, 4) is 5.75 Å². The zero-order valence-electron chi connectivity index (χ0n) is 15.9. The normalized spacial score (nSPS) is 27.4. The predicted molar refractivity (Wildman–Crippen MR) is 106 cm³/mol. The molecule has 4 rings (SSSR count). The van der Waals surface area contributed by atoms with Crippen LogP contribution in [0.5, 0.6) is 5.75 Å². The van der Waals surface area contributed by atoms with Crippen molar-refractivity contribution in [1.29, 1.82) is 0 Å². The van der Waals surface area contributed by atoms with Crippen LogP contribution in [0.25, 0.3) is 10.8 Å². The molecular weight excluding hydrogens is 324 g/mol. The lowest BCUT2D eigenvalue weighted by Crippen LogP contribution is -2.61. The summed E-state index contributed by atoms with van der Waals surface area (Å²) >= 11 is 0. The summed E-state index contributed by atoms with van der Waals surface area (Å²) in [7, 11) is 3.96. The van der Waals surface area contributed by atoms with E-state index < -0.39 is 0 Å². The maximum Gasteiger partial charge on any atom is 0.126 e. The molecule has 2 heterocycles. The van der Waals surface area contributed by atoms with E-state index in [1.54, 1.807) is 7.11 Å². The molecule has 2 atom stereocenters. The Morgan fingerprint density at radius 2 is 1.92 bits per heavy atom. The standard InChI is InChI=1S/C22H30N2O2/c1-23-12-5-10-22(16-25)11-13-24(15-21(22)23)14-17-8-9-20(26-2)19-7-4-3-6-18(17)19/h3-4,6-9,21,25H,5,10-16H2,1-2H3/t21-,22-/m1/s1. The number of methoxy groups -OCH3 is 1. The smallest absolute Gasteiger partial charge is 0.126 e. The number of hydrogen-bond acceptors (Lipinski definition) is 4. The van der Waals surface area contributed by atoms with Gasteiger partial charge in [0, 0.05) is 29.9 Å². The number of nitrogens with zero attached hydrogens (tertiary/aromatic N) is 2. The van der Waals surface area contributed by atoms with Crippen LogP contribution in [0.15, 0.2) is 36.4 Å². The molecule has 0 spiro atoms. The van der Waals surface area contributed by atoms with Crippen molar-refractivity contribution in [3.05, 3.63) is 42.0 Å². The third-order valence-corrected chi connectivity index (χ3v) is 6.68. The van der Waals surface area contributed by atoms with Crippen LogP contribution in [0.4, 0.5) is 0 Å². The summed E-state index contributed by atoms with van der Waals surface area (Å²) < 4.78 is 5.54. The number of fused-ring (bicyclic) bond motifs is 2. The predicted octanol–water partition coefficient (Wildman–Crippen LogP) is 3.13. The van der Waals surface area contributed by atoms with Crippen molar-refractivity contribution in [2.45, 2.75) is 31.8 Å². The highest BCUT2D eigenvalue weighted by atomic mass is 16.5. The molecule has 0 aliphatic carbocycles. The average molecular weight is 354 g/mol. The summed E-state index contributed by atoms with van der Waals surface area (Å²) in [6.45, 7) is 4.52. The monoisotopic (exact) mass is 354 g/mol. The van der Waals surface area contributed by atoms with Gasteiger partial charge in [0.25, 0.3) is 0 Å². The highest BCUT2D eigenvalue weighted by Gasteiger charge is 2.46. The van der Waals surface area contributed by atoms with Crippen LogP contribution in [0.1, 0.15) is 24.8 Å². The molecule has 2 saturated heterocycles. The Hall–Kier alpha value is -1.62. The van der Waals surface area contributed by atoms with Crippen molar-refractivity contribution in [2.24, 2.45) is 5.41 Å². The van der Waals surface area contributed by atoms with Crippen molar-refractivity contribution < 1.29 is 9.84 Å². The summed E-state index contributed by atoms with van der Waals surface area (Å²) in [5.74, 6) is 0.939. The molecular formula is C22H30N2O2. The molecule has 2 aliphatic rings.